The molecule has 1 unspecified atom stereocenters. The molecule has 0 aromatic rings. The Morgan fingerprint density at radius 2 is 1.05 bits per heavy atom. The Morgan fingerprint density at radius 3 is 1.50 bits per heavy atom. The van der Waals surface area contributed by atoms with E-state index in [1.165, 1.54) is 83.5 Å². The minimum atomic E-state index is -0.0394. The van der Waals surface area contributed by atoms with Crippen molar-refractivity contribution < 1.29 is 5.11 Å². The number of hydrogen-bond acceptors (Lipinski definition) is 1. The van der Waals surface area contributed by atoms with Gasteiger partial charge < -0.3 is 5.11 Å². The highest BCUT2D eigenvalue weighted by Crippen LogP contribution is 2.14. The van der Waals surface area contributed by atoms with Crippen LogP contribution >= 0.6 is 11.6 Å². The first-order valence-corrected chi connectivity index (χ1v) is 9.58. The fourth-order valence-corrected chi connectivity index (χ4v) is 2.85. The van der Waals surface area contributed by atoms with Crippen LogP contribution in [0.5, 0.6) is 0 Å². The molecule has 0 aliphatic rings. The van der Waals surface area contributed by atoms with Gasteiger partial charge in [0.25, 0.3) is 0 Å². The second-order valence-corrected chi connectivity index (χ2v) is 6.54. The summed E-state index contributed by atoms with van der Waals surface area (Å²) in [5.41, 5.74) is 0. The van der Waals surface area contributed by atoms with Crippen molar-refractivity contribution in [3.05, 3.63) is 0 Å². The van der Waals surface area contributed by atoms with Gasteiger partial charge in [-0.1, -0.05) is 84.0 Å². The number of alkyl halides is 1. The van der Waals surface area contributed by atoms with Crippen LogP contribution in [-0.4, -0.2) is 17.1 Å². The van der Waals surface area contributed by atoms with Crippen molar-refractivity contribution in [2.45, 2.75) is 109 Å². The zero-order valence-corrected chi connectivity index (χ0v) is 14.5. The average molecular weight is 305 g/mol. The molecule has 0 fully saturated rings. The molecule has 1 atom stereocenters. The van der Waals surface area contributed by atoms with Gasteiger partial charge in [-0.3, -0.25) is 0 Å². The fraction of sp³-hybridized carbons (Fsp3) is 1.00. The average Bonchev–Trinajstić information content (AvgIpc) is 2.45. The summed E-state index contributed by atoms with van der Waals surface area (Å²) in [6, 6.07) is 0. The summed E-state index contributed by atoms with van der Waals surface area (Å²) in [6.07, 6.45) is 18.9. The van der Waals surface area contributed by atoms with Crippen LogP contribution < -0.4 is 0 Å². The molecule has 0 rings (SSSR count). The molecule has 1 N–H and O–H groups in total. The smallest absolute Gasteiger partial charge is 0.0540 e. The van der Waals surface area contributed by atoms with Gasteiger partial charge in [-0.25, -0.2) is 0 Å². The lowest BCUT2D eigenvalue weighted by Gasteiger charge is -2.10. The molecule has 0 radical (unpaired) electrons. The standard InChI is InChI=1S/C18H37ClO/c1-2-3-4-12-15-18(20)16-13-10-8-6-5-7-9-11-14-17-19/h18,20H,2-17H2,1H3. The predicted molar refractivity (Wildman–Crippen MR) is 91.7 cm³/mol. The van der Waals surface area contributed by atoms with Crippen molar-refractivity contribution in [1.82, 2.24) is 0 Å². The zero-order chi connectivity index (χ0) is 14.9. The Kier molecular flexibility index (Phi) is 17.5. The van der Waals surface area contributed by atoms with Gasteiger partial charge in [-0.2, -0.15) is 0 Å². The van der Waals surface area contributed by atoms with Crippen LogP contribution in [-0.2, 0) is 0 Å². The highest BCUT2D eigenvalue weighted by atomic mass is 35.5. The maximum Gasteiger partial charge on any atom is 0.0540 e. The minimum absolute atomic E-state index is 0.0394. The SMILES string of the molecule is CCCCCCC(O)CCCCCCCCCCCCl. The summed E-state index contributed by atoms with van der Waals surface area (Å²) in [4.78, 5) is 0. The molecule has 20 heavy (non-hydrogen) atoms. The Hall–Kier alpha value is 0.250. The number of unbranched alkanes of at least 4 members (excludes halogenated alkanes) is 11. The van der Waals surface area contributed by atoms with E-state index >= 15 is 0 Å². The summed E-state index contributed by atoms with van der Waals surface area (Å²) in [6.45, 7) is 2.23. The second kappa shape index (κ2) is 17.3. The predicted octanol–water partition coefficient (Wildman–Crippen LogP) is 6.46. The Morgan fingerprint density at radius 1 is 0.650 bits per heavy atom. The van der Waals surface area contributed by atoms with Crippen LogP contribution in [0, 0.1) is 0 Å². The van der Waals surface area contributed by atoms with Crippen molar-refractivity contribution in [3.63, 3.8) is 0 Å². The van der Waals surface area contributed by atoms with E-state index < -0.39 is 0 Å². The first kappa shape index (κ1) is 20.2. The molecule has 1 nitrogen and oxygen atoms in total. The summed E-state index contributed by atoms with van der Waals surface area (Å²) in [7, 11) is 0. The highest BCUT2D eigenvalue weighted by Gasteiger charge is 2.03. The van der Waals surface area contributed by atoms with Crippen molar-refractivity contribution in [2.24, 2.45) is 0 Å². The maximum absolute atomic E-state index is 9.86. The minimum Gasteiger partial charge on any atom is -0.393 e. The van der Waals surface area contributed by atoms with Gasteiger partial charge in [0, 0.05) is 5.88 Å². The summed E-state index contributed by atoms with van der Waals surface area (Å²) in [5, 5.41) is 9.86. The van der Waals surface area contributed by atoms with Crippen molar-refractivity contribution in [1.29, 1.82) is 0 Å². The number of hydrogen-bond donors (Lipinski definition) is 1. The largest absolute Gasteiger partial charge is 0.393 e. The van der Waals surface area contributed by atoms with E-state index in [-0.39, 0.29) is 6.10 Å². The lowest BCUT2D eigenvalue weighted by atomic mass is 10.0. The van der Waals surface area contributed by atoms with Crippen LogP contribution in [0.25, 0.3) is 0 Å². The van der Waals surface area contributed by atoms with E-state index in [4.69, 9.17) is 11.6 Å². The number of halogens is 1. The first-order valence-electron chi connectivity index (χ1n) is 9.05. The fourth-order valence-electron chi connectivity index (χ4n) is 2.66. The van der Waals surface area contributed by atoms with Crippen LogP contribution in [0.1, 0.15) is 103 Å². The van der Waals surface area contributed by atoms with E-state index in [2.05, 4.69) is 6.92 Å². The molecule has 0 aliphatic carbocycles. The van der Waals surface area contributed by atoms with E-state index in [0.29, 0.717) is 0 Å². The van der Waals surface area contributed by atoms with Gasteiger partial charge in [0.1, 0.15) is 0 Å². The van der Waals surface area contributed by atoms with Crippen molar-refractivity contribution >= 4 is 11.6 Å². The van der Waals surface area contributed by atoms with Crippen LogP contribution in [0.3, 0.4) is 0 Å². The van der Waals surface area contributed by atoms with Crippen LogP contribution in [0.2, 0.25) is 0 Å². The molecule has 0 aromatic heterocycles. The first-order chi connectivity index (χ1) is 9.81. The molecule has 122 valence electrons. The molecule has 2 heteroatoms. The van der Waals surface area contributed by atoms with Gasteiger partial charge >= 0.3 is 0 Å². The molecule has 0 saturated carbocycles. The van der Waals surface area contributed by atoms with E-state index in [9.17, 15) is 5.11 Å². The van der Waals surface area contributed by atoms with Gasteiger partial charge in [0.2, 0.25) is 0 Å². The normalized spacial score (nSPS) is 12.8. The second-order valence-electron chi connectivity index (χ2n) is 6.16. The number of aliphatic hydroxyl groups excluding tert-OH is 1. The van der Waals surface area contributed by atoms with Crippen molar-refractivity contribution in [2.75, 3.05) is 5.88 Å². The summed E-state index contributed by atoms with van der Waals surface area (Å²) >= 11 is 5.65. The van der Waals surface area contributed by atoms with Gasteiger partial charge in [-0.15, -0.1) is 11.6 Å². The monoisotopic (exact) mass is 304 g/mol. The number of rotatable bonds is 16. The van der Waals surface area contributed by atoms with Crippen molar-refractivity contribution in [3.8, 4) is 0 Å². The third-order valence-corrected chi connectivity index (χ3v) is 4.33. The number of aliphatic hydroxyl groups is 1. The lowest BCUT2D eigenvalue weighted by molar-refractivity contribution is 0.147. The highest BCUT2D eigenvalue weighted by molar-refractivity contribution is 6.17. The van der Waals surface area contributed by atoms with E-state index in [0.717, 1.165) is 18.7 Å². The Balaban J connectivity index is 3.07. The Bertz CT molecular complexity index is 173. The third kappa shape index (κ3) is 16.3. The molecule has 0 aromatic carbocycles. The molecule has 0 bridgehead atoms. The van der Waals surface area contributed by atoms with Crippen LogP contribution in [0.4, 0.5) is 0 Å². The molecule has 0 aliphatic heterocycles. The molecule has 0 spiro atoms. The third-order valence-electron chi connectivity index (χ3n) is 4.06. The van der Waals surface area contributed by atoms with Gasteiger partial charge in [-0.05, 0) is 19.3 Å². The maximum atomic E-state index is 9.86. The van der Waals surface area contributed by atoms with Crippen LogP contribution in [0.15, 0.2) is 0 Å². The topological polar surface area (TPSA) is 20.2 Å². The van der Waals surface area contributed by atoms with E-state index in [1.807, 2.05) is 0 Å². The molecule has 0 heterocycles. The molecule has 0 saturated heterocycles. The lowest BCUT2D eigenvalue weighted by Crippen LogP contribution is -2.05. The summed E-state index contributed by atoms with van der Waals surface area (Å²) < 4.78 is 0. The summed E-state index contributed by atoms with van der Waals surface area (Å²) in [5.74, 6) is 0.820. The van der Waals surface area contributed by atoms with Gasteiger partial charge in [0.05, 0.1) is 6.10 Å². The quantitative estimate of drug-likeness (QED) is 0.256. The Labute approximate surface area is 132 Å². The zero-order valence-electron chi connectivity index (χ0n) is 13.7. The molecule has 0 amide bonds. The molecular weight excluding hydrogens is 268 g/mol. The van der Waals surface area contributed by atoms with Gasteiger partial charge in [0.15, 0.2) is 0 Å². The van der Waals surface area contributed by atoms with E-state index in [1.54, 1.807) is 0 Å². The molecular formula is C18H37ClO.